The van der Waals surface area contributed by atoms with Crippen molar-refractivity contribution in [2.45, 2.75) is 0 Å². The van der Waals surface area contributed by atoms with E-state index in [4.69, 9.17) is 16.3 Å². The molecule has 0 amide bonds. The van der Waals surface area contributed by atoms with Gasteiger partial charge >= 0.3 is 0 Å². The van der Waals surface area contributed by atoms with Gasteiger partial charge < -0.3 is 9.84 Å². The monoisotopic (exact) mass is 332 g/mol. The summed E-state index contributed by atoms with van der Waals surface area (Å²) < 4.78 is 4.83. The predicted octanol–water partition coefficient (Wildman–Crippen LogP) is 3.23. The molecule has 7 heteroatoms. The fourth-order valence-corrected chi connectivity index (χ4v) is 2.14. The van der Waals surface area contributed by atoms with Crippen LogP contribution in [0.1, 0.15) is 15.9 Å². The summed E-state index contributed by atoms with van der Waals surface area (Å²) in [6.45, 7) is 0. The Hall–Kier alpha value is -2.86. The molecule has 0 spiro atoms. The summed E-state index contributed by atoms with van der Waals surface area (Å²) in [6.07, 6.45) is 2.59. The van der Waals surface area contributed by atoms with Gasteiger partial charge in [0.05, 0.1) is 17.1 Å². The number of methoxy groups -OCH3 is 1. The molecule has 0 heterocycles. The second kappa shape index (κ2) is 6.93. The first-order valence-electron chi connectivity index (χ1n) is 6.44. The number of halogens is 1. The first-order chi connectivity index (χ1) is 10.9. The van der Waals surface area contributed by atoms with E-state index in [1.807, 2.05) is 0 Å². The number of hydrogen-bond acceptors (Lipinski definition) is 5. The van der Waals surface area contributed by atoms with E-state index in [1.165, 1.54) is 25.3 Å². The van der Waals surface area contributed by atoms with Crippen LogP contribution in [-0.4, -0.2) is 17.8 Å². The molecule has 0 aliphatic rings. The Balaban J connectivity index is 2.36. The highest BCUT2D eigenvalue weighted by molar-refractivity contribution is 6.34. The maximum atomic E-state index is 12.1. The molecule has 0 unspecified atom stereocenters. The van der Waals surface area contributed by atoms with Gasteiger partial charge in [-0.05, 0) is 29.8 Å². The Bertz CT molecular complexity index is 801. The lowest BCUT2D eigenvalue weighted by Crippen LogP contribution is -2.01. The number of carbonyl (C=O) groups excluding carboxylic acids is 1. The van der Waals surface area contributed by atoms with Crippen LogP contribution in [0, 0.1) is 10.1 Å². The molecule has 0 bridgehead atoms. The summed E-state index contributed by atoms with van der Waals surface area (Å²) in [7, 11) is 1.24. The average Bonchev–Trinajstić information content (AvgIpc) is 2.53. The zero-order valence-corrected chi connectivity index (χ0v) is 12.7. The van der Waals surface area contributed by atoms with Crippen LogP contribution in [0.15, 0.2) is 42.5 Å². The molecule has 6 nitrogen and oxygen atoms in total. The highest BCUT2D eigenvalue weighted by Gasteiger charge is 2.13. The molecule has 0 saturated carbocycles. The minimum atomic E-state index is -0.813. The lowest BCUT2D eigenvalue weighted by atomic mass is 10.1. The Labute approximate surface area is 136 Å². The van der Waals surface area contributed by atoms with Gasteiger partial charge in [-0.15, -0.1) is 0 Å². The average molecular weight is 333 g/mol. The molecule has 0 aliphatic heterocycles. The van der Waals surface area contributed by atoms with Crippen LogP contribution in [0.4, 0.5) is 5.69 Å². The van der Waals surface area contributed by atoms with E-state index in [0.29, 0.717) is 16.1 Å². The largest absolute Gasteiger partial charge is 0.865 e. The number of allylic oxidation sites excluding steroid dienone is 1. The van der Waals surface area contributed by atoms with Crippen LogP contribution in [0.2, 0.25) is 5.02 Å². The molecule has 0 saturated heterocycles. The van der Waals surface area contributed by atoms with Crippen LogP contribution in [-0.2, 0) is 0 Å². The van der Waals surface area contributed by atoms with Crippen LogP contribution >= 0.6 is 11.6 Å². The van der Waals surface area contributed by atoms with E-state index in [1.54, 1.807) is 24.3 Å². The highest BCUT2D eigenvalue weighted by Crippen LogP contribution is 2.34. The summed E-state index contributed by atoms with van der Waals surface area (Å²) in [5.41, 5.74) is -0.00456. The smallest absolute Gasteiger partial charge is 0.266 e. The second-order valence-corrected chi connectivity index (χ2v) is 4.91. The number of nitrogens with zero attached hydrogens (tertiary/aromatic N) is 1. The van der Waals surface area contributed by atoms with Gasteiger partial charge in [-0.1, -0.05) is 29.8 Å². The number of hydrogen-bond donors (Lipinski definition) is 0. The molecular formula is C16H11ClNO5-. The standard InChI is InChI=1S/C16H12ClNO5/c1-23-15-9-10(8-13(16(15)20)18(21)22)6-7-14(19)11-4-2-3-5-12(11)17/h2-9,20H,1H3/p-1/b7-6+. The van der Waals surface area contributed by atoms with E-state index >= 15 is 0 Å². The lowest BCUT2D eigenvalue weighted by molar-refractivity contribution is -0.398. The van der Waals surface area contributed by atoms with Gasteiger partial charge in [-0.2, -0.15) is 0 Å². The minimum Gasteiger partial charge on any atom is -0.865 e. The van der Waals surface area contributed by atoms with E-state index in [0.717, 1.165) is 6.07 Å². The molecule has 118 valence electrons. The number of rotatable bonds is 5. The first kappa shape index (κ1) is 16.5. The van der Waals surface area contributed by atoms with Crippen molar-refractivity contribution in [2.75, 3.05) is 7.11 Å². The van der Waals surface area contributed by atoms with Crippen molar-refractivity contribution in [1.29, 1.82) is 0 Å². The molecule has 0 aliphatic carbocycles. The summed E-state index contributed by atoms with van der Waals surface area (Å²) >= 11 is 5.93. The lowest BCUT2D eigenvalue weighted by Gasteiger charge is -2.13. The van der Waals surface area contributed by atoms with Crippen LogP contribution < -0.4 is 9.84 Å². The molecular weight excluding hydrogens is 322 g/mol. The van der Waals surface area contributed by atoms with Crippen molar-refractivity contribution in [2.24, 2.45) is 0 Å². The minimum absolute atomic E-state index is 0.163. The summed E-state index contributed by atoms with van der Waals surface area (Å²) in [4.78, 5) is 22.2. The van der Waals surface area contributed by atoms with Crippen molar-refractivity contribution >= 4 is 29.1 Å². The number of nitro benzene ring substituents is 1. The van der Waals surface area contributed by atoms with Crippen molar-refractivity contribution in [3.8, 4) is 11.5 Å². The molecule has 2 aromatic rings. The first-order valence-corrected chi connectivity index (χ1v) is 6.82. The topological polar surface area (TPSA) is 92.5 Å². The number of ether oxygens (including phenoxy) is 1. The molecule has 0 atom stereocenters. The van der Waals surface area contributed by atoms with E-state index in [-0.39, 0.29) is 11.5 Å². The Morgan fingerprint density at radius 3 is 2.61 bits per heavy atom. The summed E-state index contributed by atoms with van der Waals surface area (Å²) in [6, 6.07) is 8.94. The number of nitro groups is 1. The van der Waals surface area contributed by atoms with E-state index in [2.05, 4.69) is 0 Å². The van der Waals surface area contributed by atoms with Crippen LogP contribution in [0.5, 0.6) is 11.5 Å². The SMILES string of the molecule is COc1cc(/C=C/C(=O)c2ccccc2Cl)cc([N+](=O)[O-])c1[O-]. The van der Waals surface area contributed by atoms with Crippen LogP contribution in [0.25, 0.3) is 6.08 Å². The van der Waals surface area contributed by atoms with Gasteiger partial charge in [0.15, 0.2) is 5.78 Å². The van der Waals surface area contributed by atoms with E-state index in [9.17, 15) is 20.0 Å². The summed E-state index contributed by atoms with van der Waals surface area (Å²) in [5.74, 6) is -1.33. The fourth-order valence-electron chi connectivity index (χ4n) is 1.91. The van der Waals surface area contributed by atoms with Gasteiger partial charge in [0.1, 0.15) is 5.75 Å². The third-order valence-corrected chi connectivity index (χ3v) is 3.37. The molecule has 0 aromatic heterocycles. The summed E-state index contributed by atoms with van der Waals surface area (Å²) in [5, 5.41) is 22.9. The van der Waals surface area contributed by atoms with Gasteiger partial charge in [-0.3, -0.25) is 14.9 Å². The van der Waals surface area contributed by atoms with Gasteiger partial charge in [0.25, 0.3) is 5.69 Å². The molecule has 2 rings (SSSR count). The Kier molecular flexibility index (Phi) is 4.98. The third-order valence-electron chi connectivity index (χ3n) is 3.04. The molecule has 0 fully saturated rings. The maximum absolute atomic E-state index is 12.1. The van der Waals surface area contributed by atoms with Crippen molar-refractivity contribution in [1.82, 2.24) is 0 Å². The van der Waals surface area contributed by atoms with Crippen LogP contribution in [0.3, 0.4) is 0 Å². The quantitative estimate of drug-likeness (QED) is 0.363. The number of benzene rings is 2. The van der Waals surface area contributed by atoms with E-state index < -0.39 is 16.4 Å². The second-order valence-electron chi connectivity index (χ2n) is 4.51. The van der Waals surface area contributed by atoms with Crippen molar-refractivity contribution in [3.05, 3.63) is 68.7 Å². The van der Waals surface area contributed by atoms with Crippen molar-refractivity contribution < 1.29 is 19.6 Å². The van der Waals surface area contributed by atoms with Gasteiger partial charge in [0, 0.05) is 17.4 Å². The number of ketones is 1. The van der Waals surface area contributed by atoms with Crippen molar-refractivity contribution in [3.63, 3.8) is 0 Å². The Morgan fingerprint density at radius 2 is 2.00 bits per heavy atom. The zero-order valence-electron chi connectivity index (χ0n) is 12.0. The highest BCUT2D eigenvalue weighted by atomic mass is 35.5. The third kappa shape index (κ3) is 3.67. The van der Waals surface area contributed by atoms with Gasteiger partial charge in [0.2, 0.25) is 0 Å². The fraction of sp³-hybridized carbons (Fsp3) is 0.0625. The Morgan fingerprint density at radius 1 is 1.30 bits per heavy atom. The molecule has 0 N–H and O–H groups in total. The zero-order chi connectivity index (χ0) is 17.0. The predicted molar refractivity (Wildman–Crippen MR) is 83.9 cm³/mol. The molecule has 2 aromatic carbocycles. The van der Waals surface area contributed by atoms with Gasteiger partial charge in [-0.25, -0.2) is 0 Å². The maximum Gasteiger partial charge on any atom is 0.266 e. The molecule has 0 radical (unpaired) electrons. The normalized spacial score (nSPS) is 10.7. The molecule has 23 heavy (non-hydrogen) atoms. The number of carbonyl (C=O) groups is 1.